The van der Waals surface area contributed by atoms with Crippen LogP contribution in [0.3, 0.4) is 0 Å². The molecule has 0 rings (SSSR count). The molecule has 0 fully saturated rings. The molecule has 0 saturated carbocycles. The van der Waals surface area contributed by atoms with E-state index in [-0.39, 0.29) is 5.38 Å². The number of allylic oxidation sites excluding steroid dienone is 3. The average Bonchev–Trinajstić information content (AvgIpc) is 1.85. The molecular weight excluding hydrogens is 167 g/mol. The van der Waals surface area contributed by atoms with Crippen LogP contribution in [0.2, 0.25) is 0 Å². The van der Waals surface area contributed by atoms with Crippen molar-refractivity contribution in [3.8, 4) is 0 Å². The highest BCUT2D eigenvalue weighted by Gasteiger charge is 1.98. The van der Waals surface area contributed by atoms with Crippen molar-refractivity contribution in [2.45, 2.75) is 25.1 Å². The fourth-order valence-electron chi connectivity index (χ4n) is 0.600. The van der Waals surface area contributed by atoms with Crippen LogP contribution >= 0.6 is 23.2 Å². The SMILES string of the molecule is C=C(Cl)CCC(Cl)/C=C\C. The van der Waals surface area contributed by atoms with Gasteiger partial charge in [-0.05, 0) is 19.8 Å². The third-order valence-corrected chi connectivity index (χ3v) is 1.65. The Labute approximate surface area is 72.5 Å². The van der Waals surface area contributed by atoms with E-state index in [1.807, 2.05) is 19.1 Å². The summed E-state index contributed by atoms with van der Waals surface area (Å²) in [5.41, 5.74) is 0. The molecule has 0 aromatic heterocycles. The van der Waals surface area contributed by atoms with Crippen LogP contribution in [0.5, 0.6) is 0 Å². The molecule has 0 saturated heterocycles. The van der Waals surface area contributed by atoms with Crippen LogP contribution in [0.1, 0.15) is 19.8 Å². The minimum absolute atomic E-state index is 0.0977. The second kappa shape index (κ2) is 5.82. The number of hydrogen-bond acceptors (Lipinski definition) is 0. The van der Waals surface area contributed by atoms with E-state index < -0.39 is 0 Å². The highest BCUT2D eigenvalue weighted by Crippen LogP contribution is 2.13. The Balaban J connectivity index is 3.39. The van der Waals surface area contributed by atoms with Gasteiger partial charge < -0.3 is 0 Å². The van der Waals surface area contributed by atoms with Crippen LogP contribution in [0.4, 0.5) is 0 Å². The molecule has 1 atom stereocenters. The Morgan fingerprint density at radius 3 is 2.70 bits per heavy atom. The third kappa shape index (κ3) is 6.18. The number of halogens is 2. The molecule has 1 unspecified atom stereocenters. The lowest BCUT2D eigenvalue weighted by Gasteiger charge is -2.00. The molecule has 0 aromatic carbocycles. The first-order valence-corrected chi connectivity index (χ1v) is 4.08. The first-order valence-electron chi connectivity index (χ1n) is 3.27. The zero-order chi connectivity index (χ0) is 7.98. The second-order valence-corrected chi connectivity index (χ2v) is 3.19. The van der Waals surface area contributed by atoms with E-state index in [1.165, 1.54) is 0 Å². The smallest absolute Gasteiger partial charge is 0.0519 e. The van der Waals surface area contributed by atoms with Gasteiger partial charge in [0.15, 0.2) is 0 Å². The van der Waals surface area contributed by atoms with Crippen molar-refractivity contribution in [1.82, 2.24) is 0 Å². The summed E-state index contributed by atoms with van der Waals surface area (Å²) in [7, 11) is 0. The quantitative estimate of drug-likeness (QED) is 0.455. The maximum Gasteiger partial charge on any atom is 0.0519 e. The lowest BCUT2D eigenvalue weighted by Crippen LogP contribution is -1.91. The standard InChI is InChI=1S/C8H12Cl2/c1-3-4-8(10)6-5-7(2)9/h3-4,8H,2,5-6H2,1H3/b4-3-. The zero-order valence-corrected chi connectivity index (χ0v) is 7.62. The summed E-state index contributed by atoms with van der Waals surface area (Å²) in [6.45, 7) is 5.52. The molecule has 2 heteroatoms. The molecule has 0 heterocycles. The van der Waals surface area contributed by atoms with E-state index in [0.717, 1.165) is 12.8 Å². The molecule has 0 aliphatic carbocycles. The van der Waals surface area contributed by atoms with E-state index in [1.54, 1.807) is 0 Å². The topological polar surface area (TPSA) is 0 Å². The predicted molar refractivity (Wildman–Crippen MR) is 48.7 cm³/mol. The summed E-state index contributed by atoms with van der Waals surface area (Å²) < 4.78 is 0. The zero-order valence-electron chi connectivity index (χ0n) is 6.11. The summed E-state index contributed by atoms with van der Waals surface area (Å²) >= 11 is 11.4. The third-order valence-electron chi connectivity index (χ3n) is 1.09. The molecule has 0 aliphatic heterocycles. The van der Waals surface area contributed by atoms with Crippen LogP contribution in [0, 0.1) is 0 Å². The largest absolute Gasteiger partial charge is 0.118 e. The fourth-order valence-corrected chi connectivity index (χ4v) is 0.963. The number of hydrogen-bond donors (Lipinski definition) is 0. The molecule has 58 valence electrons. The molecule has 0 nitrogen and oxygen atoms in total. The van der Waals surface area contributed by atoms with Gasteiger partial charge in [-0.2, -0.15) is 0 Å². The van der Waals surface area contributed by atoms with Crippen LogP contribution < -0.4 is 0 Å². The van der Waals surface area contributed by atoms with E-state index >= 15 is 0 Å². The predicted octanol–water partition coefficient (Wildman–Crippen LogP) is 3.70. The average molecular weight is 179 g/mol. The minimum Gasteiger partial charge on any atom is -0.118 e. The summed E-state index contributed by atoms with van der Waals surface area (Å²) in [6.07, 6.45) is 5.55. The van der Waals surface area contributed by atoms with Crippen LogP contribution in [0.15, 0.2) is 23.8 Å². The van der Waals surface area contributed by atoms with Gasteiger partial charge in [0.25, 0.3) is 0 Å². The van der Waals surface area contributed by atoms with Crippen molar-refractivity contribution in [3.63, 3.8) is 0 Å². The highest BCUT2D eigenvalue weighted by atomic mass is 35.5. The van der Waals surface area contributed by atoms with Crippen LogP contribution in [0.25, 0.3) is 0 Å². The summed E-state index contributed by atoms with van der Waals surface area (Å²) in [5, 5.41) is 0.774. The Kier molecular flexibility index (Phi) is 5.85. The van der Waals surface area contributed by atoms with Gasteiger partial charge in [-0.15, -0.1) is 11.6 Å². The van der Waals surface area contributed by atoms with E-state index in [4.69, 9.17) is 23.2 Å². The molecule has 0 amide bonds. The normalized spacial score (nSPS) is 13.9. The molecular formula is C8H12Cl2. The second-order valence-electron chi connectivity index (χ2n) is 2.10. The lowest BCUT2D eigenvalue weighted by atomic mass is 10.2. The van der Waals surface area contributed by atoms with Gasteiger partial charge in [0, 0.05) is 5.03 Å². The van der Waals surface area contributed by atoms with Crippen molar-refractivity contribution in [2.75, 3.05) is 0 Å². The molecule has 0 radical (unpaired) electrons. The molecule has 0 N–H and O–H groups in total. The van der Waals surface area contributed by atoms with Crippen molar-refractivity contribution in [2.24, 2.45) is 0 Å². The highest BCUT2D eigenvalue weighted by molar-refractivity contribution is 6.29. The Bertz CT molecular complexity index is 127. The summed E-state index contributed by atoms with van der Waals surface area (Å²) in [4.78, 5) is 0. The first-order chi connectivity index (χ1) is 4.66. The van der Waals surface area contributed by atoms with E-state index in [0.29, 0.717) is 5.03 Å². The van der Waals surface area contributed by atoms with Gasteiger partial charge in [0.05, 0.1) is 5.38 Å². The molecule has 0 bridgehead atoms. The monoisotopic (exact) mass is 178 g/mol. The number of alkyl halides is 1. The Morgan fingerprint density at radius 1 is 1.70 bits per heavy atom. The van der Waals surface area contributed by atoms with Crippen LogP contribution in [-0.4, -0.2) is 5.38 Å². The van der Waals surface area contributed by atoms with Gasteiger partial charge in [-0.25, -0.2) is 0 Å². The minimum atomic E-state index is 0.0977. The van der Waals surface area contributed by atoms with Gasteiger partial charge in [0.1, 0.15) is 0 Å². The number of rotatable bonds is 4. The van der Waals surface area contributed by atoms with Crippen molar-refractivity contribution < 1.29 is 0 Å². The Morgan fingerprint density at radius 2 is 2.30 bits per heavy atom. The molecule has 0 aromatic rings. The fraction of sp³-hybridized carbons (Fsp3) is 0.500. The van der Waals surface area contributed by atoms with E-state index in [2.05, 4.69) is 6.58 Å². The van der Waals surface area contributed by atoms with Crippen LogP contribution in [-0.2, 0) is 0 Å². The van der Waals surface area contributed by atoms with Gasteiger partial charge in [-0.1, -0.05) is 30.3 Å². The molecule has 0 aliphatic rings. The van der Waals surface area contributed by atoms with E-state index in [9.17, 15) is 0 Å². The van der Waals surface area contributed by atoms with Crippen molar-refractivity contribution in [3.05, 3.63) is 23.8 Å². The van der Waals surface area contributed by atoms with Crippen molar-refractivity contribution in [1.29, 1.82) is 0 Å². The Hall–Kier alpha value is 0.0600. The first kappa shape index (κ1) is 10.1. The molecule has 10 heavy (non-hydrogen) atoms. The van der Waals surface area contributed by atoms with Gasteiger partial charge >= 0.3 is 0 Å². The van der Waals surface area contributed by atoms with Gasteiger partial charge in [-0.3, -0.25) is 0 Å². The maximum atomic E-state index is 5.84. The van der Waals surface area contributed by atoms with Gasteiger partial charge in [0.2, 0.25) is 0 Å². The molecule has 0 spiro atoms. The summed E-state index contributed by atoms with van der Waals surface area (Å²) in [6, 6.07) is 0. The maximum absolute atomic E-state index is 5.84. The summed E-state index contributed by atoms with van der Waals surface area (Å²) in [5.74, 6) is 0. The lowest BCUT2D eigenvalue weighted by molar-refractivity contribution is 0.866. The van der Waals surface area contributed by atoms with Crippen molar-refractivity contribution >= 4 is 23.2 Å².